The van der Waals surface area contributed by atoms with Gasteiger partial charge in [-0.25, -0.2) is 4.79 Å². The first-order valence-electron chi connectivity index (χ1n) is 6.46. The van der Waals surface area contributed by atoms with E-state index in [4.69, 9.17) is 9.15 Å². The van der Waals surface area contributed by atoms with Gasteiger partial charge >= 0.3 is 5.97 Å². The Morgan fingerprint density at radius 2 is 1.95 bits per heavy atom. The third-order valence-corrected chi connectivity index (χ3v) is 3.42. The van der Waals surface area contributed by atoms with Crippen LogP contribution in [0.15, 0.2) is 45.6 Å². The van der Waals surface area contributed by atoms with Crippen molar-refractivity contribution in [2.24, 2.45) is 0 Å². The molecule has 1 aromatic heterocycles. The van der Waals surface area contributed by atoms with Gasteiger partial charge in [-0.15, -0.1) is 12.6 Å². The summed E-state index contributed by atoms with van der Waals surface area (Å²) in [5.74, 6) is 0.293. The molecule has 0 saturated carbocycles. The fourth-order valence-electron chi connectivity index (χ4n) is 2.24. The van der Waals surface area contributed by atoms with Crippen LogP contribution >= 0.6 is 12.6 Å². The lowest BCUT2D eigenvalue weighted by molar-refractivity contribution is 0.0601. The molecule has 0 atom stereocenters. The highest BCUT2D eigenvalue weighted by Gasteiger charge is 2.12. The molecule has 1 heterocycles. The molecule has 0 aliphatic carbocycles. The standard InChI is InChI=1S/C16H12O5S/c1-19-16(18)9-2-5-13-12(6-9)15(17)11-4-3-10(20-8-22)7-14(11)21-13/h2-7,22H,8H2,1H3. The summed E-state index contributed by atoms with van der Waals surface area (Å²) in [6, 6.07) is 9.55. The van der Waals surface area contributed by atoms with Gasteiger partial charge in [-0.1, -0.05) is 0 Å². The van der Waals surface area contributed by atoms with E-state index in [0.717, 1.165) is 0 Å². The lowest BCUT2D eigenvalue weighted by atomic mass is 10.1. The molecule has 0 aliphatic heterocycles. The summed E-state index contributed by atoms with van der Waals surface area (Å²) >= 11 is 3.99. The van der Waals surface area contributed by atoms with Gasteiger partial charge in [0.05, 0.1) is 23.4 Å². The summed E-state index contributed by atoms with van der Waals surface area (Å²) in [6.07, 6.45) is 0. The Kier molecular flexibility index (Phi) is 3.77. The maximum Gasteiger partial charge on any atom is 0.337 e. The van der Waals surface area contributed by atoms with Gasteiger partial charge in [0.1, 0.15) is 22.9 Å². The van der Waals surface area contributed by atoms with Crippen molar-refractivity contribution in [2.75, 3.05) is 13.0 Å². The van der Waals surface area contributed by atoms with Crippen molar-refractivity contribution in [1.29, 1.82) is 0 Å². The highest BCUT2D eigenvalue weighted by atomic mass is 32.1. The number of hydrogen-bond donors (Lipinski definition) is 1. The van der Waals surface area contributed by atoms with Crippen LogP contribution < -0.4 is 10.2 Å². The van der Waals surface area contributed by atoms with E-state index in [9.17, 15) is 9.59 Å². The lowest BCUT2D eigenvalue weighted by Gasteiger charge is -2.06. The van der Waals surface area contributed by atoms with Crippen molar-refractivity contribution in [2.45, 2.75) is 0 Å². The minimum Gasteiger partial charge on any atom is -0.483 e. The highest BCUT2D eigenvalue weighted by molar-refractivity contribution is 7.80. The molecule has 2 aromatic carbocycles. The zero-order valence-electron chi connectivity index (χ0n) is 11.7. The van der Waals surface area contributed by atoms with Crippen LogP contribution in [0.3, 0.4) is 0 Å². The second-order valence-corrected chi connectivity index (χ2v) is 4.82. The van der Waals surface area contributed by atoms with Crippen LogP contribution in [-0.4, -0.2) is 19.0 Å². The number of benzene rings is 2. The van der Waals surface area contributed by atoms with Gasteiger partial charge in [0, 0.05) is 6.07 Å². The summed E-state index contributed by atoms with van der Waals surface area (Å²) < 4.78 is 15.7. The zero-order valence-corrected chi connectivity index (χ0v) is 12.6. The van der Waals surface area contributed by atoms with Crippen LogP contribution in [0, 0.1) is 0 Å². The molecule has 112 valence electrons. The average molecular weight is 316 g/mol. The monoisotopic (exact) mass is 316 g/mol. The van der Waals surface area contributed by atoms with Crippen LogP contribution in [0.2, 0.25) is 0 Å². The molecule has 0 aliphatic rings. The SMILES string of the molecule is COC(=O)c1ccc2oc3cc(OCS)ccc3c(=O)c2c1. The minimum absolute atomic E-state index is 0.209. The van der Waals surface area contributed by atoms with Crippen LogP contribution in [0.4, 0.5) is 0 Å². The fraction of sp³-hybridized carbons (Fsp3) is 0.125. The predicted molar refractivity (Wildman–Crippen MR) is 85.8 cm³/mol. The summed E-state index contributed by atoms with van der Waals surface area (Å²) in [4.78, 5) is 24.1. The molecular weight excluding hydrogens is 304 g/mol. The maximum atomic E-state index is 12.6. The number of hydrogen-bond acceptors (Lipinski definition) is 6. The molecule has 0 bridgehead atoms. The van der Waals surface area contributed by atoms with Gasteiger partial charge in [0.15, 0.2) is 0 Å². The summed E-state index contributed by atoms with van der Waals surface area (Å²) in [6.45, 7) is 0. The molecule has 6 heteroatoms. The first-order valence-corrected chi connectivity index (χ1v) is 7.10. The molecule has 0 amide bonds. The van der Waals surface area contributed by atoms with Gasteiger partial charge in [0.25, 0.3) is 0 Å². The van der Waals surface area contributed by atoms with E-state index < -0.39 is 5.97 Å². The molecule has 0 spiro atoms. The molecule has 0 N–H and O–H groups in total. The first kappa shape index (κ1) is 14.5. The number of fused-ring (bicyclic) bond motifs is 2. The number of methoxy groups -OCH3 is 1. The number of carbonyl (C=O) groups excluding carboxylic acids is 1. The number of thiol groups is 1. The third-order valence-electron chi connectivity index (χ3n) is 3.29. The number of esters is 1. The fourth-order valence-corrected chi connectivity index (χ4v) is 2.39. The van der Waals surface area contributed by atoms with E-state index in [1.807, 2.05) is 0 Å². The molecule has 3 rings (SSSR count). The Balaban J connectivity index is 2.26. The Labute approximate surface area is 130 Å². The van der Waals surface area contributed by atoms with Crippen molar-refractivity contribution in [3.63, 3.8) is 0 Å². The maximum absolute atomic E-state index is 12.6. The smallest absolute Gasteiger partial charge is 0.337 e. The van der Waals surface area contributed by atoms with Gasteiger partial charge in [-0.05, 0) is 30.3 Å². The van der Waals surface area contributed by atoms with E-state index >= 15 is 0 Å². The molecule has 0 fully saturated rings. The largest absolute Gasteiger partial charge is 0.483 e. The van der Waals surface area contributed by atoms with Gasteiger partial charge in [-0.3, -0.25) is 4.79 Å². The predicted octanol–water partition coefficient (Wildman–Crippen LogP) is 3.00. The summed E-state index contributed by atoms with van der Waals surface area (Å²) in [5.41, 5.74) is 0.909. The molecule has 5 nitrogen and oxygen atoms in total. The van der Waals surface area contributed by atoms with Crippen molar-refractivity contribution in [1.82, 2.24) is 0 Å². The first-order chi connectivity index (χ1) is 10.6. The van der Waals surface area contributed by atoms with E-state index in [0.29, 0.717) is 33.3 Å². The second kappa shape index (κ2) is 5.73. The van der Waals surface area contributed by atoms with Gasteiger partial charge < -0.3 is 13.9 Å². The molecular formula is C16H12O5S. The quantitative estimate of drug-likeness (QED) is 0.348. The number of ether oxygens (including phenoxy) is 2. The number of rotatable bonds is 3. The molecule has 0 radical (unpaired) electrons. The third kappa shape index (κ3) is 2.42. The van der Waals surface area contributed by atoms with E-state index in [1.165, 1.54) is 13.2 Å². The Morgan fingerprint density at radius 3 is 2.68 bits per heavy atom. The minimum atomic E-state index is -0.501. The summed E-state index contributed by atoms with van der Waals surface area (Å²) in [7, 11) is 1.29. The van der Waals surface area contributed by atoms with E-state index in [-0.39, 0.29) is 11.4 Å². The molecule has 22 heavy (non-hydrogen) atoms. The van der Waals surface area contributed by atoms with Crippen LogP contribution in [-0.2, 0) is 4.74 Å². The van der Waals surface area contributed by atoms with E-state index in [2.05, 4.69) is 17.4 Å². The van der Waals surface area contributed by atoms with Gasteiger partial charge in [-0.2, -0.15) is 0 Å². The highest BCUT2D eigenvalue weighted by Crippen LogP contribution is 2.23. The number of carbonyl (C=O) groups is 1. The Morgan fingerprint density at radius 1 is 1.14 bits per heavy atom. The van der Waals surface area contributed by atoms with Crippen molar-refractivity contribution in [3.05, 3.63) is 52.2 Å². The van der Waals surface area contributed by atoms with Crippen molar-refractivity contribution >= 4 is 40.5 Å². The van der Waals surface area contributed by atoms with Crippen LogP contribution in [0.5, 0.6) is 5.75 Å². The topological polar surface area (TPSA) is 65.7 Å². The normalized spacial score (nSPS) is 10.8. The Bertz CT molecular complexity index is 929. The Hall–Kier alpha value is -2.47. The molecule has 0 unspecified atom stereocenters. The van der Waals surface area contributed by atoms with Crippen LogP contribution in [0.1, 0.15) is 10.4 Å². The van der Waals surface area contributed by atoms with Crippen LogP contribution in [0.25, 0.3) is 21.9 Å². The summed E-state index contributed by atoms with van der Waals surface area (Å²) in [5, 5.41) is 0.749. The van der Waals surface area contributed by atoms with Gasteiger partial charge in [0.2, 0.25) is 5.43 Å². The van der Waals surface area contributed by atoms with Crippen molar-refractivity contribution < 1.29 is 18.7 Å². The zero-order chi connectivity index (χ0) is 15.7. The molecule has 3 aromatic rings. The molecule has 0 saturated heterocycles. The average Bonchev–Trinajstić information content (AvgIpc) is 2.54. The lowest BCUT2D eigenvalue weighted by Crippen LogP contribution is -2.06. The second-order valence-electron chi connectivity index (χ2n) is 4.57. The van der Waals surface area contributed by atoms with E-state index in [1.54, 1.807) is 30.3 Å². The van der Waals surface area contributed by atoms with Crippen molar-refractivity contribution in [3.8, 4) is 5.75 Å².